The molecule has 2 heterocycles. The number of amides is 1. The summed E-state index contributed by atoms with van der Waals surface area (Å²) < 4.78 is 13.0. The first kappa shape index (κ1) is 20.0. The van der Waals surface area contributed by atoms with E-state index in [4.69, 9.17) is 0 Å². The Morgan fingerprint density at radius 2 is 1.79 bits per heavy atom. The van der Waals surface area contributed by atoms with Gasteiger partial charge in [0, 0.05) is 12.2 Å². The maximum Gasteiger partial charge on any atom is 0.237 e. The van der Waals surface area contributed by atoms with Gasteiger partial charge in [-0.1, -0.05) is 30.3 Å². The van der Waals surface area contributed by atoms with Gasteiger partial charge < -0.3 is 14.9 Å². The van der Waals surface area contributed by atoms with E-state index in [1.807, 2.05) is 24.0 Å². The number of carbonyl (C=O) groups is 1. The minimum absolute atomic E-state index is 0.257. The number of rotatable bonds is 6. The van der Waals surface area contributed by atoms with Crippen molar-refractivity contribution in [2.24, 2.45) is 0 Å². The minimum atomic E-state index is -0.562. The summed E-state index contributed by atoms with van der Waals surface area (Å²) in [6.07, 6.45) is 2.66. The van der Waals surface area contributed by atoms with Crippen LogP contribution in [0.5, 0.6) is 0 Å². The molecule has 4 nitrogen and oxygen atoms in total. The summed E-state index contributed by atoms with van der Waals surface area (Å²) in [6.45, 7) is 5.44. The van der Waals surface area contributed by atoms with E-state index < -0.39 is 6.10 Å². The predicted octanol–water partition coefficient (Wildman–Crippen LogP) is 4.04. The van der Waals surface area contributed by atoms with Crippen molar-refractivity contribution in [3.8, 4) is 0 Å². The Labute approximate surface area is 171 Å². The lowest BCUT2D eigenvalue weighted by Gasteiger charge is -2.38. The molecule has 1 spiro atoms. The third-order valence-corrected chi connectivity index (χ3v) is 6.60. The normalized spacial score (nSPS) is 19.6. The van der Waals surface area contributed by atoms with Gasteiger partial charge >= 0.3 is 0 Å². The zero-order valence-electron chi connectivity index (χ0n) is 17.0. The zero-order valence-corrected chi connectivity index (χ0v) is 17.0. The molecule has 0 aliphatic carbocycles. The second-order valence-corrected chi connectivity index (χ2v) is 8.20. The summed E-state index contributed by atoms with van der Waals surface area (Å²) >= 11 is 0. The number of likely N-dealkylation sites (tertiary alicyclic amines) is 1. The van der Waals surface area contributed by atoms with Gasteiger partial charge in [0.05, 0.1) is 11.5 Å². The highest BCUT2D eigenvalue weighted by atomic mass is 19.1. The highest BCUT2D eigenvalue weighted by Crippen LogP contribution is 2.47. The Kier molecular flexibility index (Phi) is 5.70. The summed E-state index contributed by atoms with van der Waals surface area (Å²) in [5, 5.41) is 10.3. The summed E-state index contributed by atoms with van der Waals surface area (Å²) in [4.78, 5) is 17.5. The van der Waals surface area contributed by atoms with Crippen molar-refractivity contribution in [2.75, 3.05) is 31.1 Å². The Bertz CT molecular complexity index is 859. The van der Waals surface area contributed by atoms with E-state index in [0.717, 1.165) is 50.1 Å². The second-order valence-electron chi connectivity index (χ2n) is 8.20. The predicted molar refractivity (Wildman–Crippen MR) is 112 cm³/mol. The van der Waals surface area contributed by atoms with E-state index in [-0.39, 0.29) is 17.1 Å². The molecule has 29 heavy (non-hydrogen) atoms. The molecule has 1 fully saturated rings. The smallest absolute Gasteiger partial charge is 0.237 e. The van der Waals surface area contributed by atoms with Crippen LogP contribution in [0, 0.1) is 5.82 Å². The average Bonchev–Trinajstić information content (AvgIpc) is 2.97. The molecule has 4 rings (SSSR count). The van der Waals surface area contributed by atoms with Crippen molar-refractivity contribution in [1.82, 2.24) is 4.90 Å². The van der Waals surface area contributed by atoms with Crippen LogP contribution in [-0.4, -0.2) is 42.1 Å². The molecule has 0 aromatic heterocycles. The van der Waals surface area contributed by atoms with Gasteiger partial charge in [-0.25, -0.2) is 4.39 Å². The fourth-order valence-electron chi connectivity index (χ4n) is 4.91. The molecule has 5 heteroatoms. The number of aliphatic hydroxyl groups is 1. The third kappa shape index (κ3) is 3.69. The Morgan fingerprint density at radius 1 is 1.10 bits per heavy atom. The molecule has 1 amide bonds. The fourth-order valence-corrected chi connectivity index (χ4v) is 4.91. The van der Waals surface area contributed by atoms with E-state index in [2.05, 4.69) is 17.0 Å². The molecule has 154 valence electrons. The zero-order chi connectivity index (χ0) is 20.4. The number of hydrogen-bond donors (Lipinski definition) is 1. The summed E-state index contributed by atoms with van der Waals surface area (Å²) in [6, 6.07) is 14.3. The van der Waals surface area contributed by atoms with Crippen LogP contribution in [0.2, 0.25) is 0 Å². The van der Waals surface area contributed by atoms with Gasteiger partial charge in [0.25, 0.3) is 0 Å². The van der Waals surface area contributed by atoms with Crippen LogP contribution in [0.1, 0.15) is 49.8 Å². The van der Waals surface area contributed by atoms with Crippen molar-refractivity contribution >= 4 is 11.6 Å². The average molecular weight is 397 g/mol. The second kappa shape index (κ2) is 8.25. The number of hydrogen-bond acceptors (Lipinski definition) is 3. The largest absolute Gasteiger partial charge is 0.388 e. The Balaban J connectivity index is 1.33. The molecular weight excluding hydrogens is 367 g/mol. The van der Waals surface area contributed by atoms with Crippen molar-refractivity contribution in [1.29, 1.82) is 0 Å². The number of fused-ring (bicyclic) bond motifs is 2. The van der Waals surface area contributed by atoms with Crippen LogP contribution in [0.3, 0.4) is 0 Å². The number of benzene rings is 2. The maximum absolute atomic E-state index is 13.2. The molecular formula is C24H29FN2O2. The monoisotopic (exact) mass is 396 g/mol. The summed E-state index contributed by atoms with van der Waals surface area (Å²) in [5.41, 5.74) is 2.67. The number of anilines is 1. The minimum Gasteiger partial charge on any atom is -0.388 e. The number of nitrogens with zero attached hydrogens (tertiary/aromatic N) is 2. The van der Waals surface area contributed by atoms with Crippen molar-refractivity contribution in [3.63, 3.8) is 0 Å². The van der Waals surface area contributed by atoms with Crippen LogP contribution < -0.4 is 4.90 Å². The third-order valence-electron chi connectivity index (χ3n) is 6.60. The topological polar surface area (TPSA) is 43.8 Å². The first-order valence-corrected chi connectivity index (χ1v) is 10.6. The molecule has 0 radical (unpaired) electrons. The number of para-hydroxylation sites is 1. The van der Waals surface area contributed by atoms with Crippen molar-refractivity contribution in [3.05, 3.63) is 65.5 Å². The van der Waals surface area contributed by atoms with Crippen molar-refractivity contribution in [2.45, 2.75) is 44.1 Å². The quantitative estimate of drug-likeness (QED) is 0.801. The van der Waals surface area contributed by atoms with Gasteiger partial charge in [0.1, 0.15) is 5.82 Å². The number of halogens is 1. The lowest BCUT2D eigenvalue weighted by Crippen LogP contribution is -2.48. The molecule has 1 atom stereocenters. The highest BCUT2D eigenvalue weighted by Gasteiger charge is 2.51. The number of likely N-dealkylation sites (N-methyl/N-ethyl adjacent to an activating group) is 1. The van der Waals surface area contributed by atoms with Crippen molar-refractivity contribution < 1.29 is 14.3 Å². The van der Waals surface area contributed by atoms with Gasteiger partial charge in [0.2, 0.25) is 5.91 Å². The SMILES string of the molecule is CCN1C(=O)C2(CCN(CCCC(O)c3ccc(F)cc3)CC2)c2ccccc21. The van der Waals surface area contributed by atoms with E-state index in [9.17, 15) is 14.3 Å². The molecule has 1 saturated heterocycles. The van der Waals surface area contributed by atoms with Gasteiger partial charge in [-0.3, -0.25) is 4.79 Å². The molecule has 2 aliphatic heterocycles. The van der Waals surface area contributed by atoms with E-state index in [1.165, 1.54) is 17.7 Å². The van der Waals surface area contributed by atoms with E-state index in [1.54, 1.807) is 12.1 Å². The Hall–Kier alpha value is -2.24. The first-order chi connectivity index (χ1) is 14.0. The summed E-state index contributed by atoms with van der Waals surface area (Å²) in [5.74, 6) is -0.0274. The molecule has 1 N–H and O–H groups in total. The number of piperidine rings is 1. The molecule has 0 bridgehead atoms. The molecule has 2 aromatic rings. The fraction of sp³-hybridized carbons (Fsp3) is 0.458. The van der Waals surface area contributed by atoms with Gasteiger partial charge in [-0.05, 0) is 81.6 Å². The highest BCUT2D eigenvalue weighted by molar-refractivity contribution is 6.08. The van der Waals surface area contributed by atoms with Gasteiger partial charge in [0.15, 0.2) is 0 Å². The standard InChI is InChI=1S/C24H29FN2O2/c1-2-27-21-7-4-3-6-20(21)24(23(27)29)13-16-26(17-14-24)15-5-8-22(28)18-9-11-19(25)12-10-18/h3-4,6-7,9-12,22,28H,2,5,8,13-17H2,1H3. The maximum atomic E-state index is 13.2. The molecule has 2 aromatic carbocycles. The lowest BCUT2D eigenvalue weighted by atomic mass is 9.73. The van der Waals surface area contributed by atoms with Crippen LogP contribution in [-0.2, 0) is 10.2 Å². The first-order valence-electron chi connectivity index (χ1n) is 10.6. The van der Waals surface area contributed by atoms with E-state index in [0.29, 0.717) is 13.0 Å². The van der Waals surface area contributed by atoms with Gasteiger partial charge in [-0.15, -0.1) is 0 Å². The molecule has 0 saturated carbocycles. The van der Waals surface area contributed by atoms with Crippen LogP contribution in [0.25, 0.3) is 0 Å². The summed E-state index contributed by atoms with van der Waals surface area (Å²) in [7, 11) is 0. The number of aliphatic hydroxyl groups excluding tert-OH is 1. The van der Waals surface area contributed by atoms with E-state index >= 15 is 0 Å². The molecule has 1 unspecified atom stereocenters. The van der Waals surface area contributed by atoms with Crippen LogP contribution in [0.15, 0.2) is 48.5 Å². The Morgan fingerprint density at radius 3 is 2.48 bits per heavy atom. The van der Waals surface area contributed by atoms with Crippen LogP contribution >= 0.6 is 0 Å². The lowest BCUT2D eigenvalue weighted by molar-refractivity contribution is -0.124. The van der Waals surface area contributed by atoms with Gasteiger partial charge in [-0.2, -0.15) is 0 Å². The number of carbonyl (C=O) groups excluding carboxylic acids is 1. The van der Waals surface area contributed by atoms with Crippen LogP contribution in [0.4, 0.5) is 10.1 Å². The molecule has 2 aliphatic rings.